The Morgan fingerprint density at radius 3 is 2.85 bits per heavy atom. The topological polar surface area (TPSA) is 108 Å². The van der Waals surface area contributed by atoms with E-state index in [-0.39, 0.29) is 0 Å². The average molecular weight is 294 g/mol. The summed E-state index contributed by atoms with van der Waals surface area (Å²) in [4.78, 5) is 23.1. The first kappa shape index (κ1) is 14.3. The number of hydrogen-bond acceptors (Lipinski definition) is 5. The number of rotatable bonds is 6. The third kappa shape index (κ3) is 3.27. The average Bonchev–Trinajstić information content (AvgIpc) is 2.90. The van der Waals surface area contributed by atoms with Crippen LogP contribution in [-0.4, -0.2) is 50.4 Å². The first-order valence-electron chi connectivity index (χ1n) is 5.95. The number of nitrogens with zero attached hydrogens (tertiary/aromatic N) is 2. The summed E-state index contributed by atoms with van der Waals surface area (Å²) in [5, 5.41) is 21.8. The summed E-state index contributed by atoms with van der Waals surface area (Å²) >= 11 is 1.54. The number of benzene rings is 1. The minimum atomic E-state index is -1.03. The molecule has 0 radical (unpaired) electrons. The molecule has 8 heteroatoms. The Balaban J connectivity index is 2.10. The van der Waals surface area contributed by atoms with E-state index in [1.54, 1.807) is 18.2 Å². The van der Waals surface area contributed by atoms with E-state index in [2.05, 4.69) is 20.7 Å². The van der Waals surface area contributed by atoms with Gasteiger partial charge in [-0.2, -0.15) is 27.2 Å². The van der Waals surface area contributed by atoms with Crippen LogP contribution in [0.5, 0.6) is 0 Å². The van der Waals surface area contributed by atoms with E-state index in [0.717, 1.165) is 0 Å². The van der Waals surface area contributed by atoms with Gasteiger partial charge in [-0.05, 0) is 36.6 Å². The minimum Gasteiger partial charge on any atom is -0.480 e. The van der Waals surface area contributed by atoms with Gasteiger partial charge in [-0.25, -0.2) is 4.79 Å². The number of carbonyl (C=O) groups excluding carboxylic acids is 1. The van der Waals surface area contributed by atoms with E-state index in [0.29, 0.717) is 28.8 Å². The highest BCUT2D eigenvalue weighted by Crippen LogP contribution is 2.11. The highest BCUT2D eigenvalue weighted by Gasteiger charge is 2.20. The number of fused-ring (bicyclic) bond motifs is 1. The van der Waals surface area contributed by atoms with Crippen LogP contribution in [0.15, 0.2) is 18.2 Å². The second-order valence-corrected chi connectivity index (χ2v) is 5.16. The number of aliphatic carboxylic acids is 1. The van der Waals surface area contributed by atoms with Gasteiger partial charge in [-0.3, -0.25) is 4.79 Å². The van der Waals surface area contributed by atoms with Crippen molar-refractivity contribution >= 4 is 34.7 Å². The lowest BCUT2D eigenvalue weighted by atomic mass is 10.1. The maximum absolute atomic E-state index is 12.0. The highest BCUT2D eigenvalue weighted by atomic mass is 32.2. The number of carboxylic acids is 1. The lowest BCUT2D eigenvalue weighted by Crippen LogP contribution is -2.41. The van der Waals surface area contributed by atoms with Crippen molar-refractivity contribution in [1.82, 2.24) is 20.7 Å². The Morgan fingerprint density at radius 1 is 1.40 bits per heavy atom. The van der Waals surface area contributed by atoms with Crippen LogP contribution in [0.25, 0.3) is 11.0 Å². The molecular formula is C12H14N4O3S. The Kier molecular flexibility index (Phi) is 4.57. The summed E-state index contributed by atoms with van der Waals surface area (Å²) in [6.45, 7) is 0. The fourth-order valence-electron chi connectivity index (χ4n) is 1.72. The quantitative estimate of drug-likeness (QED) is 0.730. The summed E-state index contributed by atoms with van der Waals surface area (Å²) < 4.78 is 0. The van der Waals surface area contributed by atoms with Gasteiger partial charge in [0, 0.05) is 5.56 Å². The second kappa shape index (κ2) is 6.38. The molecule has 1 atom stereocenters. The van der Waals surface area contributed by atoms with E-state index in [4.69, 9.17) is 5.11 Å². The van der Waals surface area contributed by atoms with E-state index in [1.165, 1.54) is 11.8 Å². The predicted molar refractivity (Wildman–Crippen MR) is 75.8 cm³/mol. The number of aromatic nitrogens is 3. The molecule has 106 valence electrons. The summed E-state index contributed by atoms with van der Waals surface area (Å²) in [5.74, 6) is -0.794. The number of carboxylic acid groups (broad SMARTS) is 1. The number of H-pyrrole nitrogens is 1. The second-order valence-electron chi connectivity index (χ2n) is 4.17. The third-order valence-electron chi connectivity index (χ3n) is 2.79. The molecule has 0 aliphatic heterocycles. The molecule has 0 bridgehead atoms. The molecule has 0 saturated carbocycles. The molecule has 1 aromatic heterocycles. The van der Waals surface area contributed by atoms with Gasteiger partial charge in [0.25, 0.3) is 5.91 Å². The van der Waals surface area contributed by atoms with Crippen molar-refractivity contribution in [3.05, 3.63) is 23.8 Å². The zero-order chi connectivity index (χ0) is 14.5. The zero-order valence-corrected chi connectivity index (χ0v) is 11.6. The first-order valence-corrected chi connectivity index (χ1v) is 7.34. The fourth-order valence-corrected chi connectivity index (χ4v) is 2.19. The van der Waals surface area contributed by atoms with Gasteiger partial charge < -0.3 is 10.4 Å². The molecule has 0 fully saturated rings. The summed E-state index contributed by atoms with van der Waals surface area (Å²) in [6, 6.07) is 3.93. The van der Waals surface area contributed by atoms with Crippen molar-refractivity contribution in [2.45, 2.75) is 12.5 Å². The maximum Gasteiger partial charge on any atom is 0.326 e. The molecular weight excluding hydrogens is 280 g/mol. The lowest BCUT2D eigenvalue weighted by Gasteiger charge is -2.13. The number of carbonyl (C=O) groups is 2. The monoisotopic (exact) mass is 294 g/mol. The largest absolute Gasteiger partial charge is 0.480 e. The summed E-state index contributed by atoms with van der Waals surface area (Å²) in [7, 11) is 0. The normalized spacial score (nSPS) is 12.2. The van der Waals surface area contributed by atoms with Gasteiger partial charge in [0.2, 0.25) is 0 Å². The smallest absolute Gasteiger partial charge is 0.326 e. The third-order valence-corrected chi connectivity index (χ3v) is 3.44. The van der Waals surface area contributed by atoms with Crippen LogP contribution in [0.2, 0.25) is 0 Å². The van der Waals surface area contributed by atoms with Crippen molar-refractivity contribution in [1.29, 1.82) is 0 Å². The SMILES string of the molecule is CSCC[C@H](NC(=O)c1ccc2n[nH]nc2c1)C(=O)O. The fraction of sp³-hybridized carbons (Fsp3) is 0.333. The van der Waals surface area contributed by atoms with Crippen molar-refractivity contribution in [2.24, 2.45) is 0 Å². The minimum absolute atomic E-state index is 0.363. The predicted octanol–water partition coefficient (Wildman–Crippen LogP) is 0.894. The molecule has 2 aromatic rings. The zero-order valence-electron chi connectivity index (χ0n) is 10.8. The number of nitrogens with one attached hydrogen (secondary N) is 2. The van der Waals surface area contributed by atoms with E-state index in [9.17, 15) is 9.59 Å². The molecule has 20 heavy (non-hydrogen) atoms. The molecule has 3 N–H and O–H groups in total. The number of amides is 1. The van der Waals surface area contributed by atoms with Crippen molar-refractivity contribution in [3.63, 3.8) is 0 Å². The molecule has 0 spiro atoms. The van der Waals surface area contributed by atoms with Gasteiger partial charge in [0.1, 0.15) is 17.1 Å². The van der Waals surface area contributed by atoms with Crippen LogP contribution in [0, 0.1) is 0 Å². The molecule has 1 heterocycles. The van der Waals surface area contributed by atoms with E-state index < -0.39 is 17.9 Å². The van der Waals surface area contributed by atoms with Crippen LogP contribution >= 0.6 is 11.8 Å². The molecule has 1 amide bonds. The number of hydrogen-bond donors (Lipinski definition) is 3. The van der Waals surface area contributed by atoms with Gasteiger partial charge >= 0.3 is 5.97 Å². The van der Waals surface area contributed by atoms with Gasteiger partial charge in [0.15, 0.2) is 0 Å². The Hall–Kier alpha value is -2.09. The maximum atomic E-state index is 12.0. The molecule has 1 aromatic carbocycles. The molecule has 0 saturated heterocycles. The molecule has 0 aliphatic carbocycles. The summed E-state index contributed by atoms with van der Waals surface area (Å²) in [6.07, 6.45) is 2.27. The molecule has 0 unspecified atom stereocenters. The van der Waals surface area contributed by atoms with Gasteiger partial charge in [-0.1, -0.05) is 0 Å². The van der Waals surface area contributed by atoms with Gasteiger partial charge in [0.05, 0.1) is 0 Å². The van der Waals surface area contributed by atoms with Crippen LogP contribution in [0.4, 0.5) is 0 Å². The molecule has 2 rings (SSSR count). The lowest BCUT2D eigenvalue weighted by molar-refractivity contribution is -0.139. The van der Waals surface area contributed by atoms with Crippen molar-refractivity contribution in [3.8, 4) is 0 Å². The highest BCUT2D eigenvalue weighted by molar-refractivity contribution is 7.98. The van der Waals surface area contributed by atoms with E-state index in [1.807, 2.05) is 6.26 Å². The number of aromatic amines is 1. The van der Waals surface area contributed by atoms with Crippen LogP contribution in [-0.2, 0) is 4.79 Å². The Bertz CT molecular complexity index is 628. The van der Waals surface area contributed by atoms with Gasteiger partial charge in [-0.15, -0.1) is 0 Å². The first-order chi connectivity index (χ1) is 9.61. The van der Waals surface area contributed by atoms with Crippen LogP contribution in [0.1, 0.15) is 16.8 Å². The van der Waals surface area contributed by atoms with E-state index >= 15 is 0 Å². The van der Waals surface area contributed by atoms with Crippen LogP contribution < -0.4 is 5.32 Å². The van der Waals surface area contributed by atoms with Crippen LogP contribution in [0.3, 0.4) is 0 Å². The van der Waals surface area contributed by atoms with Crippen molar-refractivity contribution < 1.29 is 14.7 Å². The standard InChI is InChI=1S/C12H14N4O3S/c1-20-5-4-9(12(18)19)13-11(17)7-2-3-8-10(6-7)15-16-14-8/h2-3,6,9H,4-5H2,1H3,(H,13,17)(H,18,19)(H,14,15,16)/t9-/m0/s1. The van der Waals surface area contributed by atoms with Crippen molar-refractivity contribution in [2.75, 3.05) is 12.0 Å². The summed E-state index contributed by atoms with van der Waals surface area (Å²) in [5.41, 5.74) is 1.58. The Labute approximate surface area is 119 Å². The number of thioether (sulfide) groups is 1. The molecule has 7 nitrogen and oxygen atoms in total. The Morgan fingerprint density at radius 2 is 2.15 bits per heavy atom. The molecule has 0 aliphatic rings.